The van der Waals surface area contributed by atoms with E-state index in [4.69, 9.17) is 19.6 Å². The van der Waals surface area contributed by atoms with Crippen LogP contribution in [0.3, 0.4) is 0 Å². The van der Waals surface area contributed by atoms with Crippen molar-refractivity contribution in [3.63, 3.8) is 0 Å². The molecule has 2 heterocycles. The lowest BCUT2D eigenvalue weighted by Gasteiger charge is -2.18. The topological polar surface area (TPSA) is 143 Å². The first kappa shape index (κ1) is 24.9. The van der Waals surface area contributed by atoms with Crippen LogP contribution in [0.4, 0.5) is 17.2 Å². The minimum Gasteiger partial charge on any atom is -0.496 e. The number of ether oxygens (including phenoxy) is 2. The summed E-state index contributed by atoms with van der Waals surface area (Å²) in [4.78, 5) is 20.8. The lowest BCUT2D eigenvalue weighted by atomic mass is 10.1. The molecule has 0 radical (unpaired) electrons. The Morgan fingerprint density at radius 1 is 1.06 bits per heavy atom. The van der Waals surface area contributed by atoms with E-state index in [0.29, 0.717) is 57.0 Å². The number of amides is 1. The van der Waals surface area contributed by atoms with Gasteiger partial charge in [-0.15, -0.1) is 5.10 Å². The van der Waals surface area contributed by atoms with Crippen LogP contribution in [0, 0.1) is 13.8 Å². The number of rotatable bonds is 8. The Hall–Kier alpha value is -4.22. The van der Waals surface area contributed by atoms with Gasteiger partial charge in [0.15, 0.2) is 11.6 Å². The maximum atomic E-state index is 11.5. The van der Waals surface area contributed by atoms with Crippen molar-refractivity contribution in [2.45, 2.75) is 26.9 Å². The standard InChI is InChI=1S/C25H28N6O5/c1-13-23-25(28-18-10-19(35-4)22(14(2)33)20(11-18)36-5)29-24(30-31(23)15(3)26-13)16-6-8-17(9-7-16)27-21(34)12-32/h6-11,14,32-33H,12H2,1-5H3,(H,27,34)(H,28,29,30). The second-order valence-electron chi connectivity index (χ2n) is 8.17. The SMILES string of the molecule is COc1cc(Nc2nc(-c3ccc(NC(=O)CO)cc3)nn3c(C)nc(C)c23)cc(OC)c1C(C)O. The molecule has 0 aliphatic heterocycles. The Morgan fingerprint density at radius 3 is 2.25 bits per heavy atom. The van der Waals surface area contributed by atoms with E-state index in [0.717, 1.165) is 5.69 Å². The normalized spacial score (nSPS) is 11.9. The van der Waals surface area contributed by atoms with Gasteiger partial charge in [-0.2, -0.15) is 0 Å². The van der Waals surface area contributed by atoms with Crippen LogP contribution >= 0.6 is 0 Å². The number of aliphatic hydroxyl groups is 2. The number of methoxy groups -OCH3 is 2. The van der Waals surface area contributed by atoms with Gasteiger partial charge in [0.05, 0.1) is 31.6 Å². The van der Waals surface area contributed by atoms with Gasteiger partial charge in [0, 0.05) is 29.1 Å². The summed E-state index contributed by atoms with van der Waals surface area (Å²) in [7, 11) is 3.06. The molecule has 2 aromatic carbocycles. The zero-order valence-corrected chi connectivity index (χ0v) is 20.7. The van der Waals surface area contributed by atoms with Gasteiger partial charge in [0.2, 0.25) is 5.91 Å². The number of aliphatic hydroxyl groups excluding tert-OH is 2. The van der Waals surface area contributed by atoms with Crippen molar-refractivity contribution in [1.82, 2.24) is 19.6 Å². The highest BCUT2D eigenvalue weighted by molar-refractivity contribution is 5.91. The molecule has 0 aliphatic carbocycles. The molecule has 36 heavy (non-hydrogen) atoms. The highest BCUT2D eigenvalue weighted by Crippen LogP contribution is 2.38. The second kappa shape index (κ2) is 10.2. The van der Waals surface area contributed by atoms with Crippen molar-refractivity contribution in [3.8, 4) is 22.9 Å². The molecule has 0 bridgehead atoms. The van der Waals surface area contributed by atoms with Gasteiger partial charge < -0.3 is 30.3 Å². The monoisotopic (exact) mass is 492 g/mol. The minimum atomic E-state index is -0.786. The second-order valence-corrected chi connectivity index (χ2v) is 8.17. The van der Waals surface area contributed by atoms with E-state index in [9.17, 15) is 9.90 Å². The maximum Gasteiger partial charge on any atom is 0.250 e. The molecule has 0 saturated carbocycles. The number of hydrogen-bond donors (Lipinski definition) is 4. The van der Waals surface area contributed by atoms with Crippen LogP contribution in [-0.2, 0) is 4.79 Å². The number of nitrogens with one attached hydrogen (secondary N) is 2. The molecular formula is C25H28N6O5. The number of aryl methyl sites for hydroxylation is 2. The van der Waals surface area contributed by atoms with E-state index in [1.807, 2.05) is 13.8 Å². The van der Waals surface area contributed by atoms with Crippen molar-refractivity contribution < 1.29 is 24.5 Å². The number of fused-ring (bicyclic) bond motifs is 1. The van der Waals surface area contributed by atoms with Crippen LogP contribution in [0.1, 0.15) is 30.1 Å². The molecule has 0 aliphatic rings. The van der Waals surface area contributed by atoms with Crippen molar-refractivity contribution in [2.75, 3.05) is 31.5 Å². The Labute approximate surface area is 207 Å². The molecule has 0 saturated heterocycles. The summed E-state index contributed by atoms with van der Waals surface area (Å²) in [6.45, 7) is 4.79. The Balaban J connectivity index is 1.80. The number of hydrogen-bond acceptors (Lipinski definition) is 9. The highest BCUT2D eigenvalue weighted by Gasteiger charge is 2.20. The molecule has 0 spiro atoms. The molecule has 0 fully saturated rings. The van der Waals surface area contributed by atoms with Gasteiger partial charge in [-0.05, 0) is 45.0 Å². The highest BCUT2D eigenvalue weighted by atomic mass is 16.5. The molecule has 4 N–H and O–H groups in total. The largest absolute Gasteiger partial charge is 0.496 e. The van der Waals surface area contributed by atoms with Crippen molar-refractivity contribution >= 4 is 28.6 Å². The van der Waals surface area contributed by atoms with Crippen LogP contribution in [0.15, 0.2) is 36.4 Å². The summed E-state index contributed by atoms with van der Waals surface area (Å²) in [5.74, 6) is 2.09. The van der Waals surface area contributed by atoms with Gasteiger partial charge in [0.1, 0.15) is 29.4 Å². The zero-order chi connectivity index (χ0) is 26.0. The summed E-state index contributed by atoms with van der Waals surface area (Å²) < 4.78 is 12.7. The molecule has 2 aromatic heterocycles. The van der Waals surface area contributed by atoms with E-state index >= 15 is 0 Å². The Bertz CT molecular complexity index is 1390. The van der Waals surface area contributed by atoms with E-state index in [1.165, 1.54) is 14.2 Å². The lowest BCUT2D eigenvalue weighted by molar-refractivity contribution is -0.118. The van der Waals surface area contributed by atoms with Crippen molar-refractivity contribution in [2.24, 2.45) is 0 Å². The summed E-state index contributed by atoms with van der Waals surface area (Å²) in [5, 5.41) is 29.7. The molecule has 4 aromatic rings. The van der Waals surface area contributed by atoms with Gasteiger partial charge in [-0.3, -0.25) is 4.79 Å². The van der Waals surface area contributed by atoms with Gasteiger partial charge in [0.25, 0.3) is 0 Å². The Morgan fingerprint density at radius 2 is 1.69 bits per heavy atom. The van der Waals surface area contributed by atoms with Crippen LogP contribution in [0.2, 0.25) is 0 Å². The zero-order valence-electron chi connectivity index (χ0n) is 20.7. The van der Waals surface area contributed by atoms with E-state index in [1.54, 1.807) is 47.8 Å². The number of imidazole rings is 1. The number of nitrogens with zero attached hydrogens (tertiary/aromatic N) is 4. The van der Waals surface area contributed by atoms with Crippen LogP contribution in [0.25, 0.3) is 16.9 Å². The van der Waals surface area contributed by atoms with Crippen LogP contribution in [0.5, 0.6) is 11.5 Å². The first-order chi connectivity index (χ1) is 17.2. The van der Waals surface area contributed by atoms with Gasteiger partial charge in [-0.25, -0.2) is 14.5 Å². The quantitative estimate of drug-likeness (QED) is 0.292. The molecule has 1 unspecified atom stereocenters. The number of carbonyl (C=O) groups excluding carboxylic acids is 1. The number of benzene rings is 2. The lowest BCUT2D eigenvalue weighted by Crippen LogP contribution is -2.15. The molecule has 11 heteroatoms. The van der Waals surface area contributed by atoms with Crippen LogP contribution in [-0.4, -0.2) is 56.5 Å². The predicted molar refractivity (Wildman–Crippen MR) is 135 cm³/mol. The number of aromatic nitrogens is 4. The van der Waals surface area contributed by atoms with Crippen molar-refractivity contribution in [1.29, 1.82) is 0 Å². The fraction of sp³-hybridized carbons (Fsp3) is 0.280. The predicted octanol–water partition coefficient (Wildman–Crippen LogP) is 3.15. The Kier molecular flexibility index (Phi) is 7.04. The molecular weight excluding hydrogens is 464 g/mol. The first-order valence-corrected chi connectivity index (χ1v) is 11.2. The fourth-order valence-corrected chi connectivity index (χ4v) is 4.00. The molecule has 4 rings (SSSR count). The summed E-state index contributed by atoms with van der Waals surface area (Å²) in [5.41, 5.74) is 3.91. The van der Waals surface area contributed by atoms with E-state index in [2.05, 4.69) is 20.7 Å². The molecule has 11 nitrogen and oxygen atoms in total. The fourth-order valence-electron chi connectivity index (χ4n) is 4.00. The van der Waals surface area contributed by atoms with Crippen molar-refractivity contribution in [3.05, 3.63) is 53.5 Å². The number of carbonyl (C=O) groups is 1. The molecule has 188 valence electrons. The summed E-state index contributed by atoms with van der Waals surface area (Å²) in [6, 6.07) is 10.5. The summed E-state index contributed by atoms with van der Waals surface area (Å²) in [6.07, 6.45) is -0.786. The third-order valence-corrected chi connectivity index (χ3v) is 5.62. The van der Waals surface area contributed by atoms with Gasteiger partial charge >= 0.3 is 0 Å². The average Bonchev–Trinajstić information content (AvgIpc) is 3.16. The third-order valence-electron chi connectivity index (χ3n) is 5.62. The van der Waals surface area contributed by atoms with E-state index < -0.39 is 18.6 Å². The minimum absolute atomic E-state index is 0.435. The van der Waals surface area contributed by atoms with E-state index in [-0.39, 0.29) is 0 Å². The van der Waals surface area contributed by atoms with Gasteiger partial charge in [-0.1, -0.05) is 0 Å². The third kappa shape index (κ3) is 4.79. The number of anilines is 3. The summed E-state index contributed by atoms with van der Waals surface area (Å²) >= 11 is 0. The first-order valence-electron chi connectivity index (χ1n) is 11.2. The van der Waals surface area contributed by atoms with Crippen LogP contribution < -0.4 is 20.1 Å². The maximum absolute atomic E-state index is 11.5. The average molecular weight is 493 g/mol. The molecule has 1 amide bonds. The molecule has 1 atom stereocenters. The smallest absolute Gasteiger partial charge is 0.250 e.